The molecule has 5 rings (SSSR count). The van der Waals surface area contributed by atoms with Crippen LogP contribution in [0.2, 0.25) is 0 Å². The predicted octanol–water partition coefficient (Wildman–Crippen LogP) is 6.00. The molecule has 4 aromatic rings. The molecule has 0 N–H and O–H groups in total. The molecule has 0 aliphatic carbocycles. The molecule has 2 heterocycles. The number of allylic oxidation sites excluding steroid dienone is 1. The molecule has 33 heavy (non-hydrogen) atoms. The van der Waals surface area contributed by atoms with Crippen molar-refractivity contribution in [3.8, 4) is 28.4 Å². The molecule has 0 spiro atoms. The molecular formula is C27H21FN2O3. The Morgan fingerprint density at radius 1 is 1.09 bits per heavy atom. The average Bonchev–Trinajstić information content (AvgIpc) is 3.38. The summed E-state index contributed by atoms with van der Waals surface area (Å²) in [5.41, 5.74) is 4.08. The van der Waals surface area contributed by atoms with Gasteiger partial charge in [0, 0.05) is 17.3 Å². The van der Waals surface area contributed by atoms with Gasteiger partial charge in [0.15, 0.2) is 17.3 Å². The van der Waals surface area contributed by atoms with Crippen molar-refractivity contribution in [1.29, 1.82) is 0 Å². The Hall–Kier alpha value is -4.19. The zero-order valence-corrected chi connectivity index (χ0v) is 18.2. The number of fused-ring (bicyclic) bond motifs is 1. The highest BCUT2D eigenvalue weighted by molar-refractivity contribution is 6.14. The van der Waals surface area contributed by atoms with Gasteiger partial charge in [-0.3, -0.25) is 4.79 Å². The van der Waals surface area contributed by atoms with Crippen molar-refractivity contribution in [1.82, 2.24) is 9.78 Å². The maximum Gasteiger partial charge on any atom is 0.231 e. The first-order chi connectivity index (χ1) is 16.0. The Kier molecular flexibility index (Phi) is 5.26. The van der Waals surface area contributed by atoms with Crippen molar-refractivity contribution >= 4 is 11.9 Å². The summed E-state index contributed by atoms with van der Waals surface area (Å²) in [6.45, 7) is 4.10. The Labute approximate surface area is 190 Å². The summed E-state index contributed by atoms with van der Waals surface area (Å²) in [4.78, 5) is 13.0. The van der Waals surface area contributed by atoms with E-state index < -0.39 is 5.82 Å². The molecule has 6 heteroatoms. The van der Waals surface area contributed by atoms with Crippen LogP contribution in [-0.2, 0) is 0 Å². The summed E-state index contributed by atoms with van der Waals surface area (Å²) >= 11 is 0. The van der Waals surface area contributed by atoms with Crippen molar-refractivity contribution in [3.05, 3.63) is 101 Å². The third-order valence-corrected chi connectivity index (χ3v) is 5.38. The molecule has 3 aromatic carbocycles. The Morgan fingerprint density at radius 3 is 2.67 bits per heavy atom. The lowest BCUT2D eigenvalue weighted by molar-refractivity contribution is 0.101. The molecule has 0 amide bonds. The second-order valence-corrected chi connectivity index (χ2v) is 7.73. The van der Waals surface area contributed by atoms with Crippen LogP contribution in [0.4, 0.5) is 4.39 Å². The Balaban J connectivity index is 1.61. The van der Waals surface area contributed by atoms with E-state index in [9.17, 15) is 9.18 Å². The van der Waals surface area contributed by atoms with E-state index in [4.69, 9.17) is 14.6 Å². The van der Waals surface area contributed by atoms with Gasteiger partial charge in [-0.05, 0) is 62.4 Å². The number of ketones is 1. The minimum atomic E-state index is -0.474. The second-order valence-electron chi connectivity index (χ2n) is 7.73. The highest BCUT2D eigenvalue weighted by Crippen LogP contribution is 2.35. The van der Waals surface area contributed by atoms with Crippen LogP contribution >= 0.6 is 0 Å². The van der Waals surface area contributed by atoms with Gasteiger partial charge in [0.1, 0.15) is 11.4 Å². The molecule has 1 aliphatic heterocycles. The summed E-state index contributed by atoms with van der Waals surface area (Å²) < 4.78 is 27.5. The van der Waals surface area contributed by atoms with Crippen molar-refractivity contribution in [2.45, 2.75) is 13.8 Å². The summed E-state index contributed by atoms with van der Waals surface area (Å²) in [5, 5.41) is 4.70. The Bertz CT molecular complexity index is 1390. The number of rotatable bonds is 5. The molecule has 0 radical (unpaired) electrons. The predicted molar refractivity (Wildman–Crippen MR) is 124 cm³/mol. The number of aryl methyl sites for hydroxylation is 1. The summed E-state index contributed by atoms with van der Waals surface area (Å²) in [5.74, 6) is 0.254. The van der Waals surface area contributed by atoms with Crippen LogP contribution in [-0.4, -0.2) is 22.2 Å². The molecule has 1 aromatic heterocycles. The first kappa shape index (κ1) is 20.7. The van der Waals surface area contributed by atoms with Crippen LogP contribution < -0.4 is 9.47 Å². The maximum absolute atomic E-state index is 14.6. The number of aromatic nitrogens is 2. The molecule has 0 saturated heterocycles. The lowest BCUT2D eigenvalue weighted by atomic mass is 10.0. The van der Waals surface area contributed by atoms with E-state index in [1.807, 2.05) is 49.4 Å². The number of hydrogen-bond donors (Lipinski definition) is 0. The van der Waals surface area contributed by atoms with Gasteiger partial charge in [0.2, 0.25) is 5.78 Å². The van der Waals surface area contributed by atoms with E-state index in [2.05, 4.69) is 0 Å². The topological polar surface area (TPSA) is 53.4 Å². The van der Waals surface area contributed by atoms with Gasteiger partial charge in [-0.2, -0.15) is 5.10 Å². The number of hydrogen-bond acceptors (Lipinski definition) is 4. The first-order valence-electron chi connectivity index (χ1n) is 10.7. The van der Waals surface area contributed by atoms with Gasteiger partial charge in [-0.1, -0.05) is 29.8 Å². The smallest absolute Gasteiger partial charge is 0.231 e. The van der Waals surface area contributed by atoms with E-state index in [0.717, 1.165) is 11.3 Å². The SMILES string of the molecule is CCOc1ccc(-c2nn(-c3ccccc3)cc2/C=C2\Oc3ccc(C)cc3C2=O)cc1F. The summed E-state index contributed by atoms with van der Waals surface area (Å²) in [6.07, 6.45) is 3.46. The largest absolute Gasteiger partial charge is 0.491 e. The van der Waals surface area contributed by atoms with Crippen LogP contribution in [0.5, 0.6) is 11.5 Å². The molecule has 5 nitrogen and oxygen atoms in total. The van der Waals surface area contributed by atoms with Crippen molar-refractivity contribution in [3.63, 3.8) is 0 Å². The standard InChI is InChI=1S/C27H21FN2O3/c1-3-32-24-12-10-18(14-22(24)28)26-19(16-30(29-26)20-7-5-4-6-8-20)15-25-27(31)21-13-17(2)9-11-23(21)33-25/h4-16H,3H2,1-2H3/b25-15-. The van der Waals surface area contributed by atoms with E-state index in [1.54, 1.807) is 42.1 Å². The third kappa shape index (κ3) is 3.91. The van der Waals surface area contributed by atoms with E-state index in [-0.39, 0.29) is 17.3 Å². The number of carbonyl (C=O) groups excluding carboxylic acids is 1. The van der Waals surface area contributed by atoms with Crippen LogP contribution in [0.25, 0.3) is 23.0 Å². The third-order valence-electron chi connectivity index (χ3n) is 5.38. The molecule has 0 unspecified atom stereocenters. The minimum absolute atomic E-state index is 0.184. The molecule has 0 saturated carbocycles. The van der Waals surface area contributed by atoms with Gasteiger partial charge in [-0.15, -0.1) is 0 Å². The highest BCUT2D eigenvalue weighted by atomic mass is 19.1. The fourth-order valence-electron chi connectivity index (χ4n) is 3.79. The minimum Gasteiger partial charge on any atom is -0.491 e. The van der Waals surface area contributed by atoms with Crippen LogP contribution in [0, 0.1) is 12.7 Å². The summed E-state index contributed by atoms with van der Waals surface area (Å²) in [6, 6.07) is 19.8. The zero-order chi connectivity index (χ0) is 22.9. The fraction of sp³-hybridized carbons (Fsp3) is 0.111. The quantitative estimate of drug-likeness (QED) is 0.357. The van der Waals surface area contributed by atoms with Crippen molar-refractivity contribution in [2.24, 2.45) is 0 Å². The monoisotopic (exact) mass is 440 g/mol. The number of Topliss-reactive ketones (excluding diaryl/α,β-unsaturated/α-hetero) is 1. The number of para-hydroxylation sites is 1. The van der Waals surface area contributed by atoms with Crippen LogP contribution in [0.15, 0.2) is 78.7 Å². The number of halogens is 1. The number of ether oxygens (including phenoxy) is 2. The van der Waals surface area contributed by atoms with Gasteiger partial charge in [-0.25, -0.2) is 9.07 Å². The number of carbonyl (C=O) groups is 1. The average molecular weight is 440 g/mol. The van der Waals surface area contributed by atoms with Gasteiger partial charge < -0.3 is 9.47 Å². The molecule has 164 valence electrons. The summed E-state index contributed by atoms with van der Waals surface area (Å²) in [7, 11) is 0. The van der Waals surface area contributed by atoms with Gasteiger partial charge in [0.05, 0.1) is 17.9 Å². The molecule has 1 aliphatic rings. The number of nitrogens with zero attached hydrogens (tertiary/aromatic N) is 2. The first-order valence-corrected chi connectivity index (χ1v) is 10.7. The lowest BCUT2D eigenvalue weighted by Crippen LogP contribution is -1.98. The normalized spacial score (nSPS) is 13.8. The van der Waals surface area contributed by atoms with Crippen LogP contribution in [0.1, 0.15) is 28.4 Å². The fourth-order valence-corrected chi connectivity index (χ4v) is 3.79. The molecule has 0 fully saturated rings. The van der Waals surface area contributed by atoms with Crippen molar-refractivity contribution < 1.29 is 18.7 Å². The van der Waals surface area contributed by atoms with Gasteiger partial charge >= 0.3 is 0 Å². The maximum atomic E-state index is 14.6. The van der Waals surface area contributed by atoms with E-state index in [0.29, 0.717) is 34.7 Å². The Morgan fingerprint density at radius 2 is 1.91 bits per heavy atom. The van der Waals surface area contributed by atoms with Crippen LogP contribution in [0.3, 0.4) is 0 Å². The number of benzene rings is 3. The molecule has 0 atom stereocenters. The molecule has 0 bridgehead atoms. The van der Waals surface area contributed by atoms with Gasteiger partial charge in [0.25, 0.3) is 0 Å². The van der Waals surface area contributed by atoms with Crippen molar-refractivity contribution in [2.75, 3.05) is 6.61 Å². The zero-order valence-electron chi connectivity index (χ0n) is 18.2. The lowest BCUT2D eigenvalue weighted by Gasteiger charge is -2.06. The van der Waals surface area contributed by atoms with E-state index in [1.165, 1.54) is 6.07 Å². The van der Waals surface area contributed by atoms with E-state index >= 15 is 0 Å². The highest BCUT2D eigenvalue weighted by Gasteiger charge is 2.28. The second kappa shape index (κ2) is 8.39. The molecular weight excluding hydrogens is 419 g/mol.